The Labute approximate surface area is 141 Å². The quantitative estimate of drug-likeness (QED) is 0.923. The van der Waals surface area contributed by atoms with Crippen molar-refractivity contribution in [2.75, 3.05) is 0 Å². The molecule has 1 N–H and O–H groups in total. The van der Waals surface area contributed by atoms with Crippen molar-refractivity contribution in [3.8, 4) is 5.75 Å². The predicted molar refractivity (Wildman–Crippen MR) is 92.4 cm³/mol. The lowest BCUT2D eigenvalue weighted by Gasteiger charge is -2.38. The summed E-state index contributed by atoms with van der Waals surface area (Å²) >= 11 is 0. The average molecular weight is 326 g/mol. The number of benzene rings is 1. The number of nitrogens with one attached hydrogen (secondary N) is 1. The van der Waals surface area contributed by atoms with Crippen LogP contribution in [0.5, 0.6) is 5.75 Å². The molecule has 1 atom stereocenters. The first-order chi connectivity index (χ1) is 11.2. The molecule has 0 unspecified atom stereocenters. The molecule has 2 aromatic rings. The predicted octanol–water partition coefficient (Wildman–Crippen LogP) is 2.73. The second-order valence-electron chi connectivity index (χ2n) is 7.00. The molecule has 0 radical (unpaired) electrons. The standard InChI is InChI=1S/C19H22N2O3/c1-12-5-7-14-15(10-19(2,3)24-16(14)9-12)20-18(23)13-6-8-17(22)21(4)11-13/h5-9,11,15H,10H2,1-4H3,(H,20,23)/t15-/m1/s1. The highest BCUT2D eigenvalue weighted by molar-refractivity contribution is 5.94. The van der Waals surface area contributed by atoms with Gasteiger partial charge in [-0.15, -0.1) is 0 Å². The minimum atomic E-state index is -0.359. The van der Waals surface area contributed by atoms with Crippen molar-refractivity contribution < 1.29 is 9.53 Å². The maximum Gasteiger partial charge on any atom is 0.253 e. The van der Waals surface area contributed by atoms with Gasteiger partial charge < -0.3 is 14.6 Å². The van der Waals surface area contributed by atoms with E-state index in [1.807, 2.05) is 39.0 Å². The number of fused-ring (bicyclic) bond motifs is 1. The summed E-state index contributed by atoms with van der Waals surface area (Å²) in [4.78, 5) is 24.1. The summed E-state index contributed by atoms with van der Waals surface area (Å²) in [6, 6.07) is 8.85. The summed E-state index contributed by atoms with van der Waals surface area (Å²) in [6.07, 6.45) is 2.23. The summed E-state index contributed by atoms with van der Waals surface area (Å²) in [5.41, 5.74) is 2.07. The van der Waals surface area contributed by atoms with Crippen LogP contribution in [-0.2, 0) is 7.05 Å². The van der Waals surface area contributed by atoms with E-state index in [9.17, 15) is 9.59 Å². The summed E-state index contributed by atoms with van der Waals surface area (Å²) in [7, 11) is 1.63. The number of amides is 1. The van der Waals surface area contributed by atoms with E-state index in [-0.39, 0.29) is 23.1 Å². The first-order valence-corrected chi connectivity index (χ1v) is 8.02. The molecule has 0 saturated heterocycles. The molecule has 126 valence electrons. The molecule has 5 heteroatoms. The van der Waals surface area contributed by atoms with Crippen LogP contribution in [0.15, 0.2) is 41.3 Å². The molecule has 1 amide bonds. The largest absolute Gasteiger partial charge is 0.487 e. The normalized spacial score (nSPS) is 18.4. The van der Waals surface area contributed by atoms with Crippen LogP contribution < -0.4 is 15.6 Å². The second kappa shape index (κ2) is 5.82. The van der Waals surface area contributed by atoms with Gasteiger partial charge in [-0.05, 0) is 38.5 Å². The maximum absolute atomic E-state index is 12.6. The number of aromatic nitrogens is 1. The zero-order valence-electron chi connectivity index (χ0n) is 14.4. The van der Waals surface area contributed by atoms with Crippen LogP contribution in [-0.4, -0.2) is 16.1 Å². The lowest BCUT2D eigenvalue weighted by Crippen LogP contribution is -2.41. The highest BCUT2D eigenvalue weighted by Gasteiger charge is 2.34. The molecule has 5 nitrogen and oxygen atoms in total. The molecule has 0 aliphatic carbocycles. The number of nitrogens with zero attached hydrogens (tertiary/aromatic N) is 1. The Hall–Kier alpha value is -2.56. The Kier molecular flexibility index (Phi) is 3.95. The molecule has 0 spiro atoms. The van der Waals surface area contributed by atoms with Crippen LogP contribution in [0.4, 0.5) is 0 Å². The van der Waals surface area contributed by atoms with Gasteiger partial charge in [0.25, 0.3) is 5.91 Å². The van der Waals surface area contributed by atoms with Crippen molar-refractivity contribution >= 4 is 5.91 Å². The van der Waals surface area contributed by atoms with Gasteiger partial charge in [-0.3, -0.25) is 9.59 Å². The summed E-state index contributed by atoms with van der Waals surface area (Å²) in [5, 5.41) is 3.08. The zero-order valence-corrected chi connectivity index (χ0v) is 14.4. The van der Waals surface area contributed by atoms with Gasteiger partial charge in [0, 0.05) is 31.3 Å². The van der Waals surface area contributed by atoms with Crippen LogP contribution >= 0.6 is 0 Å². The number of hydrogen-bond donors (Lipinski definition) is 1. The van der Waals surface area contributed by atoms with Crippen molar-refractivity contribution in [1.82, 2.24) is 9.88 Å². The third kappa shape index (κ3) is 3.20. The first-order valence-electron chi connectivity index (χ1n) is 8.02. The number of carbonyl (C=O) groups excluding carboxylic acids is 1. The van der Waals surface area contributed by atoms with Crippen molar-refractivity contribution in [2.24, 2.45) is 7.05 Å². The third-order valence-corrected chi connectivity index (χ3v) is 4.28. The molecule has 1 aromatic heterocycles. The van der Waals surface area contributed by atoms with Crippen LogP contribution in [0.1, 0.15) is 47.8 Å². The Morgan fingerprint density at radius 1 is 1.29 bits per heavy atom. The molecule has 0 bridgehead atoms. The van der Waals surface area contributed by atoms with Gasteiger partial charge in [0.15, 0.2) is 0 Å². The van der Waals surface area contributed by atoms with Gasteiger partial charge in [-0.2, -0.15) is 0 Å². The minimum absolute atomic E-state index is 0.130. The summed E-state index contributed by atoms with van der Waals surface area (Å²) in [6.45, 7) is 6.05. The molecule has 24 heavy (non-hydrogen) atoms. The lowest BCUT2D eigenvalue weighted by molar-refractivity contribution is 0.0619. The Morgan fingerprint density at radius 2 is 2.04 bits per heavy atom. The van der Waals surface area contributed by atoms with Gasteiger partial charge in [-0.1, -0.05) is 12.1 Å². The van der Waals surface area contributed by atoms with E-state index in [0.717, 1.165) is 16.9 Å². The number of carbonyl (C=O) groups is 1. The van der Waals surface area contributed by atoms with E-state index in [2.05, 4.69) is 5.32 Å². The van der Waals surface area contributed by atoms with Crippen molar-refractivity contribution in [1.29, 1.82) is 0 Å². The highest BCUT2D eigenvalue weighted by atomic mass is 16.5. The number of ether oxygens (including phenoxy) is 1. The van der Waals surface area contributed by atoms with Crippen LogP contribution in [0.3, 0.4) is 0 Å². The monoisotopic (exact) mass is 326 g/mol. The van der Waals surface area contributed by atoms with Gasteiger partial charge in [-0.25, -0.2) is 0 Å². The third-order valence-electron chi connectivity index (χ3n) is 4.28. The van der Waals surface area contributed by atoms with Crippen molar-refractivity contribution in [3.05, 3.63) is 63.6 Å². The smallest absolute Gasteiger partial charge is 0.253 e. The Morgan fingerprint density at radius 3 is 2.75 bits per heavy atom. The van der Waals surface area contributed by atoms with Crippen LogP contribution in [0.25, 0.3) is 0 Å². The molecule has 1 aromatic carbocycles. The lowest BCUT2D eigenvalue weighted by atomic mass is 9.89. The van der Waals surface area contributed by atoms with Crippen LogP contribution in [0, 0.1) is 6.92 Å². The number of pyridine rings is 1. The second-order valence-corrected chi connectivity index (χ2v) is 7.00. The van der Waals surface area contributed by atoms with Gasteiger partial charge in [0.1, 0.15) is 11.4 Å². The molecular weight excluding hydrogens is 304 g/mol. The summed E-state index contributed by atoms with van der Waals surface area (Å²) < 4.78 is 7.46. The molecule has 1 aliphatic rings. The molecule has 0 saturated carbocycles. The number of hydrogen-bond acceptors (Lipinski definition) is 3. The molecule has 0 fully saturated rings. The molecule has 1 aliphatic heterocycles. The van der Waals surface area contributed by atoms with Gasteiger partial charge in [0.2, 0.25) is 5.56 Å². The van der Waals surface area contributed by atoms with E-state index < -0.39 is 0 Å². The van der Waals surface area contributed by atoms with Gasteiger partial charge >= 0.3 is 0 Å². The fourth-order valence-corrected chi connectivity index (χ4v) is 3.06. The Bertz CT molecular complexity index is 852. The van der Waals surface area contributed by atoms with E-state index in [1.165, 1.54) is 10.6 Å². The fourth-order valence-electron chi connectivity index (χ4n) is 3.06. The topological polar surface area (TPSA) is 60.3 Å². The van der Waals surface area contributed by atoms with Gasteiger partial charge in [0.05, 0.1) is 11.6 Å². The first kappa shape index (κ1) is 16.3. The minimum Gasteiger partial charge on any atom is -0.487 e. The van der Waals surface area contributed by atoms with Crippen molar-refractivity contribution in [2.45, 2.75) is 38.8 Å². The molecular formula is C19H22N2O3. The SMILES string of the molecule is Cc1ccc2c(c1)OC(C)(C)C[C@H]2NC(=O)c1ccc(=O)n(C)c1. The molecule has 3 rings (SSSR count). The van der Waals surface area contributed by atoms with Crippen LogP contribution in [0.2, 0.25) is 0 Å². The fraction of sp³-hybridized carbons (Fsp3) is 0.368. The maximum atomic E-state index is 12.6. The van der Waals surface area contributed by atoms with E-state index in [0.29, 0.717) is 12.0 Å². The summed E-state index contributed by atoms with van der Waals surface area (Å²) in [5.74, 6) is 0.622. The van der Waals surface area contributed by atoms with E-state index >= 15 is 0 Å². The highest BCUT2D eigenvalue weighted by Crippen LogP contribution is 2.39. The van der Waals surface area contributed by atoms with Crippen molar-refractivity contribution in [3.63, 3.8) is 0 Å². The molecule has 2 heterocycles. The Balaban J connectivity index is 1.90. The zero-order chi connectivity index (χ0) is 17.5. The van der Waals surface area contributed by atoms with E-state index in [1.54, 1.807) is 19.3 Å². The average Bonchev–Trinajstić information content (AvgIpc) is 2.48. The number of rotatable bonds is 2. The van der Waals surface area contributed by atoms with E-state index in [4.69, 9.17) is 4.74 Å². The number of aryl methyl sites for hydroxylation is 2.